The van der Waals surface area contributed by atoms with E-state index in [1.165, 1.54) is 18.9 Å². The average Bonchev–Trinajstić information content (AvgIpc) is 3.06. The number of nitrogens with one attached hydrogen (secondary N) is 1. The molecule has 1 aliphatic rings. The first-order chi connectivity index (χ1) is 9.92. The molecule has 0 spiro atoms. The predicted molar refractivity (Wildman–Crippen MR) is 81.4 cm³/mol. The van der Waals surface area contributed by atoms with Gasteiger partial charge < -0.3 is 15.1 Å². The largest absolute Gasteiger partial charge is 0.464 e. The highest BCUT2D eigenvalue weighted by molar-refractivity contribution is 7.89. The number of rotatable bonds is 7. The molecule has 21 heavy (non-hydrogen) atoms. The molecular formula is C14H25N3O3S. The lowest BCUT2D eigenvalue weighted by atomic mass is 10.2. The molecule has 1 aromatic rings. The van der Waals surface area contributed by atoms with Gasteiger partial charge in [0.15, 0.2) is 0 Å². The van der Waals surface area contributed by atoms with Gasteiger partial charge in [-0.15, -0.1) is 0 Å². The Labute approximate surface area is 126 Å². The maximum Gasteiger partial charge on any atom is 0.244 e. The van der Waals surface area contributed by atoms with Crippen molar-refractivity contribution in [3.63, 3.8) is 0 Å². The van der Waals surface area contributed by atoms with E-state index in [-0.39, 0.29) is 17.4 Å². The van der Waals surface area contributed by atoms with Gasteiger partial charge in [-0.3, -0.25) is 0 Å². The third-order valence-electron chi connectivity index (χ3n) is 3.80. The van der Waals surface area contributed by atoms with Gasteiger partial charge in [0.2, 0.25) is 10.0 Å². The second kappa shape index (κ2) is 6.91. The number of likely N-dealkylation sites (tertiary alicyclic amines) is 1. The van der Waals surface area contributed by atoms with Crippen LogP contribution in [0.15, 0.2) is 15.4 Å². The molecule has 0 aliphatic carbocycles. The Kier molecular flexibility index (Phi) is 5.43. The van der Waals surface area contributed by atoms with Crippen LogP contribution in [0.4, 0.5) is 0 Å². The van der Waals surface area contributed by atoms with Crippen LogP contribution in [-0.2, 0) is 16.6 Å². The summed E-state index contributed by atoms with van der Waals surface area (Å²) in [5, 5.41) is 0. The molecule has 0 amide bonds. The Morgan fingerprint density at radius 2 is 2.10 bits per heavy atom. The summed E-state index contributed by atoms with van der Waals surface area (Å²) in [5.74, 6) is 1.15. The third kappa shape index (κ3) is 4.29. The van der Waals surface area contributed by atoms with Crippen LogP contribution in [0.2, 0.25) is 0 Å². The second-order valence-electron chi connectivity index (χ2n) is 5.80. The number of sulfonamides is 1. The van der Waals surface area contributed by atoms with Crippen molar-refractivity contribution in [2.75, 3.05) is 26.2 Å². The first kappa shape index (κ1) is 16.5. The average molecular weight is 315 g/mol. The Hall–Kier alpha value is -0.890. The van der Waals surface area contributed by atoms with Crippen molar-refractivity contribution >= 4 is 10.0 Å². The van der Waals surface area contributed by atoms with Gasteiger partial charge in [0.1, 0.15) is 16.4 Å². The van der Waals surface area contributed by atoms with E-state index >= 15 is 0 Å². The fourth-order valence-electron chi connectivity index (χ4n) is 2.69. The molecule has 1 saturated heterocycles. The lowest BCUT2D eigenvalue weighted by molar-refractivity contribution is 0.288. The summed E-state index contributed by atoms with van der Waals surface area (Å²) >= 11 is 0. The zero-order valence-corrected chi connectivity index (χ0v) is 13.6. The summed E-state index contributed by atoms with van der Waals surface area (Å²) in [4.78, 5) is 2.57. The van der Waals surface area contributed by atoms with Crippen molar-refractivity contribution in [1.29, 1.82) is 0 Å². The zero-order chi connectivity index (χ0) is 15.5. The van der Waals surface area contributed by atoms with Gasteiger partial charge in [0.25, 0.3) is 0 Å². The SMILES string of the molecule is Cc1oc(CN)cc1S(=O)(=O)NCC(C)CN1CCCC1. The minimum atomic E-state index is -3.53. The summed E-state index contributed by atoms with van der Waals surface area (Å²) < 4.78 is 32.6. The molecule has 3 N–H and O–H groups in total. The van der Waals surface area contributed by atoms with E-state index in [4.69, 9.17) is 10.2 Å². The van der Waals surface area contributed by atoms with Crippen LogP contribution in [0.25, 0.3) is 0 Å². The monoisotopic (exact) mass is 315 g/mol. The molecule has 1 aliphatic heterocycles. The fourth-order valence-corrected chi connectivity index (χ4v) is 4.06. The van der Waals surface area contributed by atoms with Gasteiger partial charge >= 0.3 is 0 Å². The molecule has 0 saturated carbocycles. The van der Waals surface area contributed by atoms with E-state index in [0.717, 1.165) is 19.6 Å². The van der Waals surface area contributed by atoms with Crippen LogP contribution in [0.3, 0.4) is 0 Å². The Morgan fingerprint density at radius 1 is 1.43 bits per heavy atom. The van der Waals surface area contributed by atoms with Gasteiger partial charge in [0, 0.05) is 19.2 Å². The number of nitrogens with two attached hydrogens (primary N) is 1. The van der Waals surface area contributed by atoms with E-state index < -0.39 is 10.0 Å². The molecular weight excluding hydrogens is 290 g/mol. The summed E-state index contributed by atoms with van der Waals surface area (Å²) in [6.45, 7) is 7.51. The van der Waals surface area contributed by atoms with Crippen molar-refractivity contribution in [3.05, 3.63) is 17.6 Å². The van der Waals surface area contributed by atoms with E-state index in [2.05, 4.69) is 16.5 Å². The highest BCUT2D eigenvalue weighted by Crippen LogP contribution is 2.19. The van der Waals surface area contributed by atoms with E-state index in [1.54, 1.807) is 6.92 Å². The van der Waals surface area contributed by atoms with Crippen molar-refractivity contribution in [2.24, 2.45) is 11.7 Å². The van der Waals surface area contributed by atoms with Crippen LogP contribution in [0.5, 0.6) is 0 Å². The molecule has 6 nitrogen and oxygen atoms in total. The number of nitrogens with zero attached hydrogens (tertiary/aromatic N) is 1. The van der Waals surface area contributed by atoms with Crippen molar-refractivity contribution < 1.29 is 12.8 Å². The van der Waals surface area contributed by atoms with Gasteiger partial charge in [-0.05, 0) is 38.8 Å². The lowest BCUT2D eigenvalue weighted by Crippen LogP contribution is -2.34. The van der Waals surface area contributed by atoms with Crippen LogP contribution >= 0.6 is 0 Å². The first-order valence-electron chi connectivity index (χ1n) is 7.44. The minimum Gasteiger partial charge on any atom is -0.464 e. The summed E-state index contributed by atoms with van der Waals surface area (Å²) in [6, 6.07) is 1.50. The van der Waals surface area contributed by atoms with Gasteiger partial charge in [-0.25, -0.2) is 13.1 Å². The van der Waals surface area contributed by atoms with Crippen molar-refractivity contribution in [1.82, 2.24) is 9.62 Å². The molecule has 1 fully saturated rings. The maximum atomic E-state index is 12.3. The normalized spacial score (nSPS) is 18.2. The topological polar surface area (TPSA) is 88.6 Å². The van der Waals surface area contributed by atoms with Crippen LogP contribution < -0.4 is 10.5 Å². The first-order valence-corrected chi connectivity index (χ1v) is 8.92. The molecule has 1 aromatic heterocycles. The fraction of sp³-hybridized carbons (Fsp3) is 0.714. The molecule has 0 aromatic carbocycles. The second-order valence-corrected chi connectivity index (χ2v) is 7.54. The van der Waals surface area contributed by atoms with Crippen LogP contribution in [0.1, 0.15) is 31.3 Å². The number of hydrogen-bond acceptors (Lipinski definition) is 5. The molecule has 7 heteroatoms. The minimum absolute atomic E-state index is 0.191. The summed E-state index contributed by atoms with van der Waals surface area (Å²) in [6.07, 6.45) is 2.49. The van der Waals surface area contributed by atoms with Crippen LogP contribution in [-0.4, -0.2) is 39.5 Å². The highest BCUT2D eigenvalue weighted by atomic mass is 32.2. The maximum absolute atomic E-state index is 12.3. The van der Waals surface area contributed by atoms with Gasteiger partial charge in [-0.1, -0.05) is 6.92 Å². The quantitative estimate of drug-likeness (QED) is 0.785. The smallest absolute Gasteiger partial charge is 0.244 e. The summed E-state index contributed by atoms with van der Waals surface area (Å²) in [5.41, 5.74) is 5.47. The predicted octanol–water partition coefficient (Wildman–Crippen LogP) is 1.06. The van der Waals surface area contributed by atoms with Gasteiger partial charge in [-0.2, -0.15) is 0 Å². The molecule has 0 bridgehead atoms. The third-order valence-corrected chi connectivity index (χ3v) is 5.34. The van der Waals surface area contributed by atoms with E-state index in [9.17, 15) is 8.42 Å². The lowest BCUT2D eigenvalue weighted by Gasteiger charge is -2.20. The Morgan fingerprint density at radius 3 is 2.67 bits per heavy atom. The van der Waals surface area contributed by atoms with E-state index in [0.29, 0.717) is 18.1 Å². The van der Waals surface area contributed by atoms with Crippen molar-refractivity contribution in [2.45, 2.75) is 38.1 Å². The number of furan rings is 1. The molecule has 2 heterocycles. The molecule has 120 valence electrons. The Bertz CT molecular complexity index is 562. The van der Waals surface area contributed by atoms with Gasteiger partial charge in [0.05, 0.1) is 6.54 Å². The molecule has 2 rings (SSSR count). The highest BCUT2D eigenvalue weighted by Gasteiger charge is 2.22. The van der Waals surface area contributed by atoms with Crippen LogP contribution in [0, 0.1) is 12.8 Å². The van der Waals surface area contributed by atoms with Crippen molar-refractivity contribution in [3.8, 4) is 0 Å². The molecule has 0 radical (unpaired) electrons. The number of aryl methyl sites for hydroxylation is 1. The number of hydrogen-bond donors (Lipinski definition) is 2. The zero-order valence-electron chi connectivity index (χ0n) is 12.8. The molecule has 1 atom stereocenters. The summed E-state index contributed by atoms with van der Waals surface area (Å²) in [7, 11) is -3.53. The molecule has 1 unspecified atom stereocenters. The Balaban J connectivity index is 1.92. The van der Waals surface area contributed by atoms with E-state index in [1.807, 2.05) is 0 Å². The standard InChI is InChI=1S/C14H25N3O3S/c1-11(10-17-5-3-4-6-17)9-16-21(18,19)14-7-13(8-15)20-12(14)2/h7,11,16H,3-6,8-10,15H2,1-2H3.